The van der Waals surface area contributed by atoms with Crippen molar-refractivity contribution in [1.29, 1.82) is 0 Å². The van der Waals surface area contributed by atoms with Crippen molar-refractivity contribution in [2.45, 2.75) is 39.0 Å². The summed E-state index contributed by atoms with van der Waals surface area (Å²) in [5.74, 6) is 0.872. The summed E-state index contributed by atoms with van der Waals surface area (Å²) >= 11 is 0. The summed E-state index contributed by atoms with van der Waals surface area (Å²) < 4.78 is 34.5. The zero-order valence-corrected chi connectivity index (χ0v) is 19.3. The number of hydrogen-bond donors (Lipinski definition) is 0. The lowest BCUT2D eigenvalue weighted by molar-refractivity contribution is 0.158. The molecule has 0 bridgehead atoms. The van der Waals surface area contributed by atoms with Gasteiger partial charge in [0.05, 0.1) is 18.0 Å². The first kappa shape index (κ1) is 22.5. The molecule has 0 spiro atoms. The smallest absolute Gasteiger partial charge is 0.304 e. The van der Waals surface area contributed by atoms with Crippen LogP contribution in [-0.4, -0.2) is 56.3 Å². The standard InChI is InChI=1S/C23H30N4O4S/c1-2-31-25-23-9-6-19-18-21(7-8-22(19)23)30-17-5-3-4-14-26-15-16-27(32(26,28)29)20-10-12-24-13-11-20/h7-8,10-13,18H,2-6,9,14-17H2,1H3/b25-23+. The Bertz CT molecular complexity index is 1040. The average Bonchev–Trinajstić information content (AvgIpc) is 3.34. The largest absolute Gasteiger partial charge is 0.494 e. The van der Waals surface area contributed by atoms with Crippen molar-refractivity contribution in [3.05, 3.63) is 53.9 Å². The van der Waals surface area contributed by atoms with Crippen molar-refractivity contribution in [2.24, 2.45) is 5.16 Å². The summed E-state index contributed by atoms with van der Waals surface area (Å²) in [7, 11) is -3.44. The summed E-state index contributed by atoms with van der Waals surface area (Å²) in [6.07, 6.45) is 7.70. The Hall–Kier alpha value is -2.65. The molecule has 172 valence electrons. The van der Waals surface area contributed by atoms with E-state index in [-0.39, 0.29) is 0 Å². The van der Waals surface area contributed by atoms with E-state index in [4.69, 9.17) is 9.57 Å². The molecule has 1 saturated heterocycles. The minimum Gasteiger partial charge on any atom is -0.494 e. The van der Waals surface area contributed by atoms with Crippen molar-refractivity contribution in [2.75, 3.05) is 37.2 Å². The number of nitrogens with zero attached hydrogens (tertiary/aromatic N) is 4. The van der Waals surface area contributed by atoms with E-state index in [1.54, 1.807) is 28.8 Å². The normalized spacial score (nSPS) is 18.8. The maximum absolute atomic E-state index is 12.8. The third-order valence-corrected chi connectivity index (χ3v) is 7.72. The second kappa shape index (κ2) is 10.3. The number of rotatable bonds is 10. The van der Waals surface area contributed by atoms with Gasteiger partial charge in [0.2, 0.25) is 0 Å². The SMILES string of the molecule is CCO/N=C1\CCc2cc(OCCCCCN3CCN(c4ccncc4)S3(=O)=O)ccc21. The molecule has 0 N–H and O–H groups in total. The van der Waals surface area contributed by atoms with E-state index < -0.39 is 10.2 Å². The molecule has 0 radical (unpaired) electrons. The van der Waals surface area contributed by atoms with Crippen LogP contribution in [0.25, 0.3) is 0 Å². The molecule has 1 aliphatic heterocycles. The number of oxime groups is 1. The van der Waals surface area contributed by atoms with Crippen LogP contribution in [0.2, 0.25) is 0 Å². The van der Waals surface area contributed by atoms with E-state index in [0.29, 0.717) is 38.5 Å². The number of anilines is 1. The van der Waals surface area contributed by atoms with Gasteiger partial charge in [-0.05, 0) is 74.9 Å². The Morgan fingerprint density at radius 2 is 1.91 bits per heavy atom. The van der Waals surface area contributed by atoms with Gasteiger partial charge in [-0.1, -0.05) is 5.16 Å². The fourth-order valence-electron chi connectivity index (χ4n) is 4.10. The molecular weight excluding hydrogens is 428 g/mol. The first-order valence-electron chi connectivity index (χ1n) is 11.2. The monoisotopic (exact) mass is 458 g/mol. The van der Waals surface area contributed by atoms with Gasteiger partial charge in [0.1, 0.15) is 12.4 Å². The van der Waals surface area contributed by atoms with Crippen molar-refractivity contribution in [3.63, 3.8) is 0 Å². The van der Waals surface area contributed by atoms with Crippen LogP contribution in [0.15, 0.2) is 47.9 Å². The van der Waals surface area contributed by atoms with Gasteiger partial charge in [-0.15, -0.1) is 0 Å². The third kappa shape index (κ3) is 5.05. The molecule has 1 aliphatic carbocycles. The number of unbranched alkanes of at least 4 members (excludes halogenated alkanes) is 2. The summed E-state index contributed by atoms with van der Waals surface area (Å²) in [4.78, 5) is 9.15. The Morgan fingerprint density at radius 1 is 1.06 bits per heavy atom. The molecule has 0 atom stereocenters. The molecule has 9 heteroatoms. The van der Waals surface area contributed by atoms with Crippen LogP contribution in [0.4, 0.5) is 5.69 Å². The molecule has 0 saturated carbocycles. The third-order valence-electron chi connectivity index (χ3n) is 5.75. The molecule has 2 heterocycles. The highest BCUT2D eigenvalue weighted by molar-refractivity contribution is 7.90. The molecule has 0 amide bonds. The average molecular weight is 459 g/mol. The van der Waals surface area contributed by atoms with Crippen LogP contribution in [0, 0.1) is 0 Å². The maximum Gasteiger partial charge on any atom is 0.304 e. The highest BCUT2D eigenvalue weighted by Gasteiger charge is 2.36. The number of aryl methyl sites for hydroxylation is 1. The van der Waals surface area contributed by atoms with Crippen LogP contribution in [0.1, 0.15) is 43.7 Å². The highest BCUT2D eigenvalue weighted by atomic mass is 32.2. The van der Waals surface area contributed by atoms with Crippen molar-refractivity contribution >= 4 is 21.6 Å². The fourth-order valence-corrected chi connectivity index (χ4v) is 5.75. The minimum absolute atomic E-state index is 0.477. The first-order chi connectivity index (χ1) is 15.6. The second-order valence-electron chi connectivity index (χ2n) is 7.87. The van der Waals surface area contributed by atoms with Crippen LogP contribution in [0.5, 0.6) is 5.75 Å². The lowest BCUT2D eigenvalue weighted by Gasteiger charge is -2.19. The molecular formula is C23H30N4O4S. The van der Waals surface area contributed by atoms with E-state index >= 15 is 0 Å². The van der Waals surface area contributed by atoms with Gasteiger partial charge in [-0.2, -0.15) is 12.7 Å². The second-order valence-corrected chi connectivity index (χ2v) is 9.72. The predicted molar refractivity (Wildman–Crippen MR) is 124 cm³/mol. The zero-order chi connectivity index (χ0) is 22.4. The number of fused-ring (bicyclic) bond motifs is 1. The zero-order valence-electron chi connectivity index (χ0n) is 18.4. The quantitative estimate of drug-likeness (QED) is 0.403. The van der Waals surface area contributed by atoms with Crippen molar-refractivity contribution in [1.82, 2.24) is 9.29 Å². The topological polar surface area (TPSA) is 84.3 Å². The Morgan fingerprint density at radius 3 is 2.72 bits per heavy atom. The molecule has 2 aliphatic rings. The number of pyridine rings is 1. The lowest BCUT2D eigenvalue weighted by Crippen LogP contribution is -2.33. The molecule has 32 heavy (non-hydrogen) atoms. The summed E-state index contributed by atoms with van der Waals surface area (Å²) in [5.41, 5.74) is 4.08. The molecule has 1 aromatic heterocycles. The lowest BCUT2D eigenvalue weighted by atomic mass is 10.1. The minimum atomic E-state index is -3.44. The molecule has 1 aromatic carbocycles. The van der Waals surface area contributed by atoms with Gasteiger partial charge in [-0.3, -0.25) is 9.29 Å². The Labute approximate surface area is 190 Å². The molecule has 4 rings (SSSR count). The predicted octanol–water partition coefficient (Wildman–Crippen LogP) is 3.38. The van der Waals surface area contributed by atoms with Gasteiger partial charge < -0.3 is 9.57 Å². The summed E-state index contributed by atoms with van der Waals surface area (Å²) in [5, 5.41) is 4.20. The summed E-state index contributed by atoms with van der Waals surface area (Å²) in [6, 6.07) is 9.58. The fraction of sp³-hybridized carbons (Fsp3) is 0.478. The van der Waals surface area contributed by atoms with E-state index in [1.807, 2.05) is 13.0 Å². The Kier molecular flexibility index (Phi) is 7.26. The molecule has 8 nitrogen and oxygen atoms in total. The maximum atomic E-state index is 12.8. The molecule has 1 fully saturated rings. The van der Waals surface area contributed by atoms with Crippen LogP contribution < -0.4 is 9.04 Å². The van der Waals surface area contributed by atoms with E-state index in [1.165, 1.54) is 9.87 Å². The van der Waals surface area contributed by atoms with E-state index in [0.717, 1.165) is 49.1 Å². The van der Waals surface area contributed by atoms with Gasteiger partial charge >= 0.3 is 10.2 Å². The number of ether oxygens (including phenoxy) is 1. The van der Waals surface area contributed by atoms with Gasteiger partial charge in [0, 0.05) is 37.6 Å². The first-order valence-corrected chi connectivity index (χ1v) is 12.6. The highest BCUT2D eigenvalue weighted by Crippen LogP contribution is 2.27. The van der Waals surface area contributed by atoms with Crippen molar-refractivity contribution < 1.29 is 18.0 Å². The molecule has 2 aromatic rings. The Balaban J connectivity index is 1.19. The van der Waals surface area contributed by atoms with Crippen LogP contribution in [-0.2, 0) is 21.5 Å². The van der Waals surface area contributed by atoms with Gasteiger partial charge in [0.25, 0.3) is 0 Å². The number of aromatic nitrogens is 1. The number of hydrogen-bond acceptors (Lipinski definition) is 6. The van der Waals surface area contributed by atoms with Gasteiger partial charge in [-0.25, -0.2) is 0 Å². The summed E-state index contributed by atoms with van der Waals surface area (Å²) in [6.45, 7) is 4.65. The van der Waals surface area contributed by atoms with E-state index in [9.17, 15) is 8.42 Å². The van der Waals surface area contributed by atoms with Crippen molar-refractivity contribution in [3.8, 4) is 5.75 Å². The molecule has 0 unspecified atom stereocenters. The van der Waals surface area contributed by atoms with E-state index in [2.05, 4.69) is 22.3 Å². The van der Waals surface area contributed by atoms with Gasteiger partial charge in [0.15, 0.2) is 0 Å². The number of benzene rings is 1. The van der Waals surface area contributed by atoms with Crippen LogP contribution in [0.3, 0.4) is 0 Å². The van der Waals surface area contributed by atoms with Crippen LogP contribution >= 0.6 is 0 Å².